The second-order valence-electron chi connectivity index (χ2n) is 5.71. The van der Waals surface area contributed by atoms with Crippen LogP contribution in [-0.2, 0) is 0 Å². The molecule has 0 amide bonds. The smallest absolute Gasteiger partial charge is 0.233 e. The first-order chi connectivity index (χ1) is 12.7. The molecule has 0 aliphatic heterocycles. The molecule has 0 radical (unpaired) electrons. The lowest BCUT2D eigenvalue weighted by Crippen LogP contribution is -1.98. The van der Waals surface area contributed by atoms with Crippen molar-refractivity contribution < 1.29 is 9.47 Å². The van der Waals surface area contributed by atoms with Gasteiger partial charge in [0.1, 0.15) is 11.7 Å². The van der Waals surface area contributed by atoms with Gasteiger partial charge in [-0.05, 0) is 42.8 Å². The van der Waals surface area contributed by atoms with E-state index in [1.54, 1.807) is 18.0 Å². The lowest BCUT2D eigenvalue weighted by Gasteiger charge is -2.10. The first kappa shape index (κ1) is 16.4. The van der Waals surface area contributed by atoms with Crippen LogP contribution in [0.15, 0.2) is 55.0 Å². The molecule has 0 saturated carbocycles. The summed E-state index contributed by atoms with van der Waals surface area (Å²) in [5, 5.41) is 5.73. The largest absolute Gasteiger partial charge is 0.493 e. The highest BCUT2D eigenvalue weighted by Gasteiger charge is 2.15. The molecule has 0 unspecified atom stereocenters. The number of fused-ring (bicyclic) bond motifs is 1. The quantitative estimate of drug-likeness (QED) is 0.529. The summed E-state index contributed by atoms with van der Waals surface area (Å²) >= 11 is 6.09. The van der Waals surface area contributed by atoms with Crippen molar-refractivity contribution in [3.63, 3.8) is 0 Å². The molecule has 0 aliphatic carbocycles. The minimum Gasteiger partial charge on any atom is -0.493 e. The number of halogens is 1. The second kappa shape index (κ2) is 6.65. The zero-order valence-electron chi connectivity index (χ0n) is 14.2. The van der Waals surface area contributed by atoms with E-state index in [9.17, 15) is 0 Å². The van der Waals surface area contributed by atoms with E-state index >= 15 is 0 Å². The first-order valence-corrected chi connectivity index (χ1v) is 8.30. The maximum absolute atomic E-state index is 6.09. The molecule has 130 valence electrons. The summed E-state index contributed by atoms with van der Waals surface area (Å²) in [5.41, 5.74) is 2.52. The Morgan fingerprint density at radius 1 is 1.04 bits per heavy atom. The topological polar surface area (TPSA) is 62.1 Å². The Morgan fingerprint density at radius 2 is 1.92 bits per heavy atom. The highest BCUT2D eigenvalue weighted by atomic mass is 35.5. The zero-order chi connectivity index (χ0) is 18.1. The van der Waals surface area contributed by atoms with Gasteiger partial charge in [0.05, 0.1) is 19.0 Å². The van der Waals surface area contributed by atoms with Crippen molar-refractivity contribution in [1.29, 1.82) is 0 Å². The molecule has 0 atom stereocenters. The predicted octanol–water partition coefficient (Wildman–Crippen LogP) is 4.58. The lowest BCUT2D eigenvalue weighted by molar-refractivity contribution is 0.375. The maximum Gasteiger partial charge on any atom is 0.233 e. The van der Waals surface area contributed by atoms with Crippen molar-refractivity contribution in [3.05, 3.63) is 65.6 Å². The molecule has 0 bridgehead atoms. The molecule has 7 heteroatoms. The standard InChI is InChI=1S/C19H15ClN4O2/c1-12-6-7-16(17(8-12)25-2)26-19-15-10-23-24(18(15)21-11-22-19)14-5-3-4-13(20)9-14/h3-11H,1-2H3. The molecule has 4 rings (SSSR count). The predicted molar refractivity (Wildman–Crippen MR) is 99.5 cm³/mol. The Balaban J connectivity index is 1.78. The van der Waals surface area contributed by atoms with Crippen LogP contribution in [0, 0.1) is 6.92 Å². The second-order valence-corrected chi connectivity index (χ2v) is 6.15. The van der Waals surface area contributed by atoms with Crippen LogP contribution >= 0.6 is 11.6 Å². The number of methoxy groups -OCH3 is 1. The fraction of sp³-hybridized carbons (Fsp3) is 0.105. The molecule has 6 nitrogen and oxygen atoms in total. The summed E-state index contributed by atoms with van der Waals surface area (Å²) in [6, 6.07) is 13.1. The minimum absolute atomic E-state index is 0.408. The molecule has 0 saturated heterocycles. The summed E-state index contributed by atoms with van der Waals surface area (Å²) < 4.78 is 13.1. The van der Waals surface area contributed by atoms with Crippen LogP contribution < -0.4 is 9.47 Å². The minimum atomic E-state index is 0.408. The fourth-order valence-corrected chi connectivity index (χ4v) is 2.85. The fourth-order valence-electron chi connectivity index (χ4n) is 2.66. The zero-order valence-corrected chi connectivity index (χ0v) is 14.9. The van der Waals surface area contributed by atoms with Crippen LogP contribution in [0.4, 0.5) is 0 Å². The number of rotatable bonds is 4. The lowest BCUT2D eigenvalue weighted by atomic mass is 10.2. The van der Waals surface area contributed by atoms with Crippen LogP contribution in [0.5, 0.6) is 17.4 Å². The summed E-state index contributed by atoms with van der Waals surface area (Å²) in [4.78, 5) is 8.60. The van der Waals surface area contributed by atoms with Gasteiger partial charge in [0.2, 0.25) is 5.88 Å². The van der Waals surface area contributed by atoms with Gasteiger partial charge in [-0.2, -0.15) is 5.10 Å². The third-order valence-electron chi connectivity index (χ3n) is 3.91. The molecule has 0 spiro atoms. The molecule has 0 fully saturated rings. The van der Waals surface area contributed by atoms with Gasteiger partial charge in [0, 0.05) is 5.02 Å². The Kier molecular flexibility index (Phi) is 4.18. The van der Waals surface area contributed by atoms with E-state index in [1.165, 1.54) is 6.33 Å². The third kappa shape index (κ3) is 2.95. The van der Waals surface area contributed by atoms with E-state index in [0.29, 0.717) is 33.4 Å². The van der Waals surface area contributed by atoms with Gasteiger partial charge in [0.15, 0.2) is 17.1 Å². The molecule has 2 aromatic heterocycles. The average molecular weight is 367 g/mol. The number of aryl methyl sites for hydroxylation is 1. The number of hydrogen-bond acceptors (Lipinski definition) is 5. The van der Waals surface area contributed by atoms with Crippen molar-refractivity contribution >= 4 is 22.6 Å². The summed E-state index contributed by atoms with van der Waals surface area (Å²) in [6.07, 6.45) is 3.12. The van der Waals surface area contributed by atoms with Crippen molar-refractivity contribution in [2.24, 2.45) is 0 Å². The Labute approximate surface area is 155 Å². The number of ether oxygens (including phenoxy) is 2. The van der Waals surface area contributed by atoms with E-state index in [4.69, 9.17) is 21.1 Å². The highest BCUT2D eigenvalue weighted by molar-refractivity contribution is 6.30. The van der Waals surface area contributed by atoms with Gasteiger partial charge in [0.25, 0.3) is 0 Å². The molecule has 2 aromatic carbocycles. The molecular weight excluding hydrogens is 352 g/mol. The monoisotopic (exact) mass is 366 g/mol. The average Bonchev–Trinajstić information content (AvgIpc) is 3.08. The molecule has 0 aliphatic rings. The van der Waals surface area contributed by atoms with Gasteiger partial charge in [-0.1, -0.05) is 23.7 Å². The van der Waals surface area contributed by atoms with Gasteiger partial charge in [-0.3, -0.25) is 0 Å². The van der Waals surface area contributed by atoms with Gasteiger partial charge in [-0.15, -0.1) is 0 Å². The number of benzene rings is 2. The maximum atomic E-state index is 6.09. The number of hydrogen-bond donors (Lipinski definition) is 0. The summed E-state index contributed by atoms with van der Waals surface area (Å²) in [7, 11) is 1.61. The van der Waals surface area contributed by atoms with Crippen LogP contribution in [0.2, 0.25) is 5.02 Å². The van der Waals surface area contributed by atoms with Crippen LogP contribution in [0.1, 0.15) is 5.56 Å². The Bertz CT molecular complexity index is 1090. The molecule has 26 heavy (non-hydrogen) atoms. The van der Waals surface area contributed by atoms with Gasteiger partial charge >= 0.3 is 0 Å². The van der Waals surface area contributed by atoms with E-state index in [2.05, 4.69) is 15.1 Å². The Morgan fingerprint density at radius 3 is 2.73 bits per heavy atom. The molecular formula is C19H15ClN4O2. The van der Waals surface area contributed by atoms with Crippen molar-refractivity contribution in [2.45, 2.75) is 6.92 Å². The summed E-state index contributed by atoms with van der Waals surface area (Å²) in [6.45, 7) is 1.99. The van der Waals surface area contributed by atoms with E-state index in [1.807, 2.05) is 49.4 Å². The van der Waals surface area contributed by atoms with E-state index < -0.39 is 0 Å². The number of nitrogens with zero attached hydrogens (tertiary/aromatic N) is 4. The third-order valence-corrected chi connectivity index (χ3v) is 4.14. The van der Waals surface area contributed by atoms with Crippen molar-refractivity contribution in [1.82, 2.24) is 19.7 Å². The summed E-state index contributed by atoms with van der Waals surface area (Å²) in [5.74, 6) is 1.62. The van der Waals surface area contributed by atoms with Crippen LogP contribution in [-0.4, -0.2) is 26.9 Å². The first-order valence-electron chi connectivity index (χ1n) is 7.93. The van der Waals surface area contributed by atoms with Crippen LogP contribution in [0.25, 0.3) is 16.7 Å². The van der Waals surface area contributed by atoms with Gasteiger partial charge in [-0.25, -0.2) is 14.6 Å². The Hall–Kier alpha value is -3.12. The SMILES string of the molecule is COc1cc(C)ccc1Oc1ncnc2c1cnn2-c1cccc(Cl)c1. The van der Waals surface area contributed by atoms with E-state index in [0.717, 1.165) is 11.3 Å². The normalized spacial score (nSPS) is 10.9. The molecule has 2 heterocycles. The van der Waals surface area contributed by atoms with Gasteiger partial charge < -0.3 is 9.47 Å². The van der Waals surface area contributed by atoms with Crippen molar-refractivity contribution in [3.8, 4) is 23.1 Å². The van der Waals surface area contributed by atoms with E-state index in [-0.39, 0.29) is 0 Å². The molecule has 4 aromatic rings. The highest BCUT2D eigenvalue weighted by Crippen LogP contribution is 2.34. The number of aromatic nitrogens is 4. The van der Waals surface area contributed by atoms with Crippen LogP contribution in [0.3, 0.4) is 0 Å². The molecule has 0 N–H and O–H groups in total. The van der Waals surface area contributed by atoms with Crippen molar-refractivity contribution in [2.75, 3.05) is 7.11 Å².